The number of rotatable bonds is 8. The summed E-state index contributed by atoms with van der Waals surface area (Å²) < 4.78 is 10.7. The quantitative estimate of drug-likeness (QED) is 0.563. The minimum atomic E-state index is -2.11. The molecule has 0 aromatic heterocycles. The maximum Gasteiger partial charge on any atom is 0.419 e. The van der Waals surface area contributed by atoms with Crippen molar-refractivity contribution in [2.24, 2.45) is 5.41 Å². The fourth-order valence-electron chi connectivity index (χ4n) is 2.62. The van der Waals surface area contributed by atoms with E-state index in [1.54, 1.807) is 68.6 Å². The van der Waals surface area contributed by atoms with E-state index in [-0.39, 0.29) is 6.42 Å². The van der Waals surface area contributed by atoms with E-state index >= 15 is 0 Å². The maximum absolute atomic E-state index is 13.1. The molecule has 0 fully saturated rings. The summed E-state index contributed by atoms with van der Waals surface area (Å²) in [5, 5.41) is 2.47. The van der Waals surface area contributed by atoms with E-state index in [0.29, 0.717) is 24.2 Å². The predicted octanol–water partition coefficient (Wildman–Crippen LogP) is 4.71. The molecule has 0 unspecified atom stereocenters. The molecule has 30 heavy (non-hydrogen) atoms. The molecule has 0 aliphatic carbocycles. The summed E-state index contributed by atoms with van der Waals surface area (Å²) in [5.41, 5.74) is -4.95. The molecule has 1 radical (unpaired) electrons. The summed E-state index contributed by atoms with van der Waals surface area (Å²) >= 11 is 0. The molecule has 0 aromatic rings. The van der Waals surface area contributed by atoms with Gasteiger partial charge in [0.1, 0.15) is 11.2 Å². The summed E-state index contributed by atoms with van der Waals surface area (Å²) in [5.74, 6) is -0.632. The number of alkyl carbamates (subject to hydrolysis) is 1. The molecule has 1 atom stereocenters. The molecule has 0 spiro atoms. The second-order valence-electron chi connectivity index (χ2n) is 9.99. The number of carbonyl (C=O) groups is 3. The molecule has 173 valence electrons. The number of amides is 3. The van der Waals surface area contributed by atoms with E-state index in [1.807, 2.05) is 6.92 Å². The van der Waals surface area contributed by atoms with Crippen LogP contribution in [-0.2, 0) is 19.1 Å². The Morgan fingerprint density at radius 3 is 1.77 bits per heavy atom. The molecule has 3 amide bonds. The number of ether oxygens (including phenoxy) is 2. The van der Waals surface area contributed by atoms with E-state index in [4.69, 9.17) is 9.47 Å². The summed E-state index contributed by atoms with van der Waals surface area (Å²) in [4.78, 5) is 52.0. The van der Waals surface area contributed by atoms with Crippen LogP contribution in [0.25, 0.3) is 0 Å². The molecule has 0 aliphatic heterocycles. The van der Waals surface area contributed by atoms with Gasteiger partial charge in [-0.2, -0.15) is 0 Å². The van der Waals surface area contributed by atoms with Crippen molar-refractivity contribution in [1.82, 2.24) is 10.2 Å². The highest BCUT2D eigenvalue weighted by atomic mass is 16.6. The van der Waals surface area contributed by atoms with E-state index < -0.39 is 40.4 Å². The van der Waals surface area contributed by atoms with Crippen LogP contribution in [0, 0.1) is 5.41 Å². The average molecular weight is 428 g/mol. The molecular formula is C22H39N2O6. The lowest BCUT2D eigenvalue weighted by atomic mass is 9.75. The van der Waals surface area contributed by atoms with Gasteiger partial charge in [-0.15, -0.1) is 0 Å². The van der Waals surface area contributed by atoms with Crippen LogP contribution in [0.4, 0.5) is 9.59 Å². The molecule has 0 heterocycles. The molecule has 0 aliphatic rings. The van der Waals surface area contributed by atoms with Crippen LogP contribution in [0.15, 0.2) is 0 Å². The van der Waals surface area contributed by atoms with Crippen molar-refractivity contribution < 1.29 is 28.7 Å². The van der Waals surface area contributed by atoms with Gasteiger partial charge in [0, 0.05) is 11.8 Å². The lowest BCUT2D eigenvalue weighted by molar-refractivity contribution is -0.139. The number of hydrogen-bond donors (Lipinski definition) is 1. The fourth-order valence-corrected chi connectivity index (χ4v) is 2.62. The average Bonchev–Trinajstić information content (AvgIpc) is 2.55. The monoisotopic (exact) mass is 427 g/mol. The zero-order chi connectivity index (χ0) is 24.0. The summed E-state index contributed by atoms with van der Waals surface area (Å²) in [7, 11) is 0. The van der Waals surface area contributed by atoms with Gasteiger partial charge in [-0.3, -0.25) is 14.9 Å². The van der Waals surface area contributed by atoms with Gasteiger partial charge in [0.2, 0.25) is 17.9 Å². The highest BCUT2D eigenvalue weighted by Gasteiger charge is 2.57. The Balaban J connectivity index is 6.56. The maximum atomic E-state index is 13.1. The van der Waals surface area contributed by atoms with Crippen molar-refractivity contribution >= 4 is 24.4 Å². The smallest absolute Gasteiger partial charge is 0.419 e. The molecule has 8 nitrogen and oxygen atoms in total. The highest BCUT2D eigenvalue weighted by molar-refractivity contribution is 5.98. The topological polar surface area (TPSA) is 102 Å². The van der Waals surface area contributed by atoms with Crippen LogP contribution < -0.4 is 5.32 Å². The molecule has 0 aromatic carbocycles. The molecule has 0 saturated carbocycles. The first-order chi connectivity index (χ1) is 13.5. The van der Waals surface area contributed by atoms with Gasteiger partial charge in [0.05, 0.1) is 0 Å². The highest BCUT2D eigenvalue weighted by Crippen LogP contribution is 2.37. The van der Waals surface area contributed by atoms with Gasteiger partial charge in [0.25, 0.3) is 0 Å². The zero-order valence-electron chi connectivity index (χ0n) is 20.2. The van der Waals surface area contributed by atoms with Crippen molar-refractivity contribution in [1.29, 1.82) is 0 Å². The number of nitrogens with one attached hydrogen (secondary N) is 1. The van der Waals surface area contributed by atoms with E-state index in [0.717, 1.165) is 0 Å². The van der Waals surface area contributed by atoms with Crippen LogP contribution in [0.2, 0.25) is 0 Å². The number of hydrogen-bond acceptors (Lipinski definition) is 6. The second kappa shape index (κ2) is 10.3. The Morgan fingerprint density at radius 2 is 1.40 bits per heavy atom. The van der Waals surface area contributed by atoms with Gasteiger partial charge in [-0.05, 0) is 54.4 Å². The van der Waals surface area contributed by atoms with E-state index in [9.17, 15) is 19.2 Å². The van der Waals surface area contributed by atoms with Crippen molar-refractivity contribution in [3.8, 4) is 0 Å². The molecular weight excluding hydrogens is 388 g/mol. The Labute approximate surface area is 181 Å². The molecule has 0 saturated heterocycles. The summed E-state index contributed by atoms with van der Waals surface area (Å²) in [6, 6.07) is 0. The van der Waals surface area contributed by atoms with Crippen molar-refractivity contribution in [3.05, 3.63) is 0 Å². The van der Waals surface area contributed by atoms with Gasteiger partial charge >= 0.3 is 12.2 Å². The van der Waals surface area contributed by atoms with Gasteiger partial charge in [-0.25, -0.2) is 14.5 Å². The zero-order valence-corrected chi connectivity index (χ0v) is 20.2. The third-order valence-corrected chi connectivity index (χ3v) is 4.60. The van der Waals surface area contributed by atoms with E-state index in [2.05, 4.69) is 5.32 Å². The predicted molar refractivity (Wildman–Crippen MR) is 114 cm³/mol. The van der Waals surface area contributed by atoms with E-state index in [1.165, 1.54) is 0 Å². The normalized spacial score (nSPS) is 14.3. The third kappa shape index (κ3) is 7.61. The van der Waals surface area contributed by atoms with Crippen molar-refractivity contribution in [2.75, 3.05) is 0 Å². The van der Waals surface area contributed by atoms with Crippen LogP contribution in [0.5, 0.6) is 0 Å². The van der Waals surface area contributed by atoms with Crippen LogP contribution >= 0.6 is 0 Å². The van der Waals surface area contributed by atoms with Gasteiger partial charge in [0.15, 0.2) is 0 Å². The standard InChI is InChI=1S/C22H39N2O6/c1-11-13-14-16(26)24(18(28)30-20(6,7)8)22(15-25,21(9,10)12-2)23-17(27)29-19(3,4)5/h11-14H2,1-10H3,(H,23,27)/t22-/m1/s1. The van der Waals surface area contributed by atoms with Crippen LogP contribution in [-0.4, -0.2) is 46.1 Å². The van der Waals surface area contributed by atoms with Crippen molar-refractivity contribution in [2.45, 2.75) is 112 Å². The first-order valence-electron chi connectivity index (χ1n) is 10.4. The Bertz CT molecular complexity index is 631. The fraction of sp³-hybridized carbons (Fsp3) is 0.818. The third-order valence-electron chi connectivity index (χ3n) is 4.60. The number of unbranched alkanes of at least 4 members (excludes halogenated alkanes) is 1. The summed E-state index contributed by atoms with van der Waals surface area (Å²) in [6.45, 7) is 17.0. The Kier molecular flexibility index (Phi) is 9.54. The summed E-state index contributed by atoms with van der Waals surface area (Å²) in [6.07, 6.45) is 1.40. The van der Waals surface area contributed by atoms with Gasteiger partial charge < -0.3 is 9.47 Å². The molecule has 8 heteroatoms. The first kappa shape index (κ1) is 27.9. The lowest BCUT2D eigenvalue weighted by Crippen LogP contribution is -2.72. The SMILES string of the molecule is CCCCC(=O)N(C(=O)OC(C)(C)C)[C@@]([C]=O)(NC(=O)OC(C)(C)C)C(C)(C)CC. The molecule has 0 bridgehead atoms. The number of imide groups is 1. The van der Waals surface area contributed by atoms with Crippen LogP contribution in [0.3, 0.4) is 0 Å². The number of carbonyl (C=O) groups excluding carboxylic acids is 4. The largest absolute Gasteiger partial charge is 0.444 e. The van der Waals surface area contributed by atoms with Gasteiger partial charge in [-0.1, -0.05) is 34.1 Å². The first-order valence-corrected chi connectivity index (χ1v) is 10.4. The number of nitrogens with zero attached hydrogens (tertiary/aromatic N) is 1. The molecule has 0 rings (SSSR count). The Hall–Kier alpha value is -2.12. The lowest BCUT2D eigenvalue weighted by Gasteiger charge is -2.47. The van der Waals surface area contributed by atoms with Crippen molar-refractivity contribution in [3.63, 3.8) is 0 Å². The minimum absolute atomic E-state index is 0.00889. The minimum Gasteiger partial charge on any atom is -0.444 e. The molecule has 1 N–H and O–H groups in total. The van der Waals surface area contributed by atoms with Crippen LogP contribution in [0.1, 0.15) is 94.9 Å². The Morgan fingerprint density at radius 1 is 0.900 bits per heavy atom. The second-order valence-corrected chi connectivity index (χ2v) is 9.99.